The summed E-state index contributed by atoms with van der Waals surface area (Å²) in [6, 6.07) is 13.4. The van der Waals surface area contributed by atoms with Gasteiger partial charge in [-0.2, -0.15) is 5.10 Å². The van der Waals surface area contributed by atoms with E-state index in [0.717, 1.165) is 33.4 Å². The molecule has 158 valence electrons. The molecule has 3 heterocycles. The number of nitrogens with one attached hydrogen (secondary N) is 1. The summed E-state index contributed by atoms with van der Waals surface area (Å²) in [6.07, 6.45) is 7.70. The van der Waals surface area contributed by atoms with Crippen LogP contribution in [0, 0.1) is 6.92 Å². The molecule has 2 aromatic heterocycles. The molecule has 0 fully saturated rings. The zero-order valence-corrected chi connectivity index (χ0v) is 17.6. The van der Waals surface area contributed by atoms with E-state index in [9.17, 15) is 9.59 Å². The van der Waals surface area contributed by atoms with Gasteiger partial charge in [-0.05, 0) is 66.9 Å². The lowest BCUT2D eigenvalue weighted by molar-refractivity contribution is -0.118. The molecule has 4 aromatic rings. The molecule has 0 saturated carbocycles. The van der Waals surface area contributed by atoms with Crippen LogP contribution in [0.2, 0.25) is 0 Å². The van der Waals surface area contributed by atoms with Gasteiger partial charge in [0, 0.05) is 36.1 Å². The number of aryl methyl sites for hydroxylation is 2. The van der Waals surface area contributed by atoms with Gasteiger partial charge >= 0.3 is 0 Å². The summed E-state index contributed by atoms with van der Waals surface area (Å²) >= 11 is 0. The zero-order chi connectivity index (χ0) is 22.2. The number of carbonyl (C=O) groups is 2. The first-order chi connectivity index (χ1) is 15.5. The van der Waals surface area contributed by atoms with E-state index < -0.39 is 0 Å². The highest BCUT2D eigenvalue weighted by atomic mass is 16.2. The third kappa shape index (κ3) is 3.33. The molecule has 1 aliphatic heterocycles. The van der Waals surface area contributed by atoms with Crippen molar-refractivity contribution in [1.29, 1.82) is 0 Å². The fourth-order valence-electron chi connectivity index (χ4n) is 4.04. The molecule has 0 atom stereocenters. The number of amides is 2. The van der Waals surface area contributed by atoms with Crippen molar-refractivity contribution >= 4 is 39.8 Å². The second-order valence-corrected chi connectivity index (χ2v) is 7.71. The lowest BCUT2D eigenvalue weighted by Crippen LogP contribution is -2.31. The highest BCUT2D eigenvalue weighted by Crippen LogP contribution is 2.40. The van der Waals surface area contributed by atoms with E-state index in [4.69, 9.17) is 0 Å². The number of carbonyl (C=O) groups excluding carboxylic acids is 2. The van der Waals surface area contributed by atoms with Crippen molar-refractivity contribution in [2.75, 3.05) is 10.2 Å². The molecule has 0 unspecified atom stereocenters. The maximum absolute atomic E-state index is 13.2. The molecule has 0 bridgehead atoms. The normalized spacial score (nSPS) is 13.2. The molecule has 0 saturated heterocycles. The second kappa shape index (κ2) is 7.77. The number of nitrogens with zero attached hydrogens (tertiary/aromatic N) is 4. The molecular formula is C25H21N5O2. The van der Waals surface area contributed by atoms with Crippen LogP contribution < -0.4 is 10.2 Å². The Balaban J connectivity index is 1.70. The quantitative estimate of drug-likeness (QED) is 0.491. The van der Waals surface area contributed by atoms with Crippen LogP contribution >= 0.6 is 0 Å². The maximum atomic E-state index is 13.2. The van der Waals surface area contributed by atoms with Crippen LogP contribution in [0.25, 0.3) is 16.6 Å². The lowest BCUT2D eigenvalue weighted by atomic mass is 9.98. The molecule has 0 spiro atoms. The predicted octanol–water partition coefficient (Wildman–Crippen LogP) is 4.46. The van der Waals surface area contributed by atoms with Crippen molar-refractivity contribution in [3.05, 3.63) is 84.8 Å². The van der Waals surface area contributed by atoms with Gasteiger partial charge in [-0.25, -0.2) is 4.68 Å². The van der Waals surface area contributed by atoms with Crippen LogP contribution in [-0.2, 0) is 16.0 Å². The zero-order valence-electron chi connectivity index (χ0n) is 17.6. The Morgan fingerprint density at radius 3 is 2.78 bits per heavy atom. The fraction of sp³-hybridized carbons (Fsp3) is 0.120. The fourth-order valence-corrected chi connectivity index (χ4v) is 4.04. The Kier molecular flexibility index (Phi) is 4.78. The minimum atomic E-state index is -0.297. The number of benzene rings is 2. The Morgan fingerprint density at radius 2 is 2.00 bits per heavy atom. The van der Waals surface area contributed by atoms with E-state index in [1.54, 1.807) is 15.8 Å². The highest BCUT2D eigenvalue weighted by Gasteiger charge is 2.28. The van der Waals surface area contributed by atoms with Gasteiger partial charge in [0.05, 0.1) is 22.6 Å². The molecule has 1 aliphatic rings. The van der Waals surface area contributed by atoms with E-state index in [0.29, 0.717) is 24.2 Å². The Bertz CT molecular complexity index is 1370. The third-order valence-corrected chi connectivity index (χ3v) is 5.67. The van der Waals surface area contributed by atoms with Gasteiger partial charge in [0.1, 0.15) is 0 Å². The average Bonchev–Trinajstić information content (AvgIpc) is 3.35. The first-order valence-electron chi connectivity index (χ1n) is 10.3. The number of rotatable bonds is 4. The van der Waals surface area contributed by atoms with E-state index >= 15 is 0 Å². The molecule has 0 aliphatic carbocycles. The Morgan fingerprint density at radius 1 is 1.16 bits per heavy atom. The van der Waals surface area contributed by atoms with Crippen molar-refractivity contribution < 1.29 is 9.59 Å². The van der Waals surface area contributed by atoms with Crippen LogP contribution in [0.1, 0.15) is 17.5 Å². The Labute approximate surface area is 185 Å². The smallest absolute Gasteiger partial charge is 0.247 e. The summed E-state index contributed by atoms with van der Waals surface area (Å²) in [6.45, 7) is 5.42. The maximum Gasteiger partial charge on any atom is 0.247 e. The van der Waals surface area contributed by atoms with Gasteiger partial charge in [0.15, 0.2) is 0 Å². The van der Waals surface area contributed by atoms with E-state index in [2.05, 4.69) is 22.0 Å². The van der Waals surface area contributed by atoms with E-state index in [-0.39, 0.29) is 11.8 Å². The van der Waals surface area contributed by atoms with E-state index in [1.165, 1.54) is 6.08 Å². The van der Waals surface area contributed by atoms with Crippen LogP contribution in [-0.4, -0.2) is 26.6 Å². The van der Waals surface area contributed by atoms with Crippen LogP contribution in [0.4, 0.5) is 17.1 Å². The SMILES string of the molecule is C=CC(=O)Nc1cc(N2C(=O)CCc3cnc4ccc(-n5cccn5)cc4c32)ccc1C. The minimum absolute atomic E-state index is 0.000609. The topological polar surface area (TPSA) is 80.1 Å². The first kappa shape index (κ1) is 19.7. The predicted molar refractivity (Wildman–Crippen MR) is 124 cm³/mol. The second-order valence-electron chi connectivity index (χ2n) is 7.71. The Hall–Kier alpha value is -4.26. The van der Waals surface area contributed by atoms with Crippen molar-refractivity contribution in [3.63, 3.8) is 0 Å². The molecule has 32 heavy (non-hydrogen) atoms. The van der Waals surface area contributed by atoms with Crippen molar-refractivity contribution in [3.8, 4) is 5.69 Å². The van der Waals surface area contributed by atoms with Crippen LogP contribution in [0.3, 0.4) is 0 Å². The molecule has 2 aromatic carbocycles. The van der Waals surface area contributed by atoms with Crippen molar-refractivity contribution in [1.82, 2.24) is 14.8 Å². The number of pyridine rings is 1. The monoisotopic (exact) mass is 423 g/mol. The average molecular weight is 423 g/mol. The summed E-state index contributed by atoms with van der Waals surface area (Å²) in [7, 11) is 0. The highest BCUT2D eigenvalue weighted by molar-refractivity contribution is 6.11. The summed E-state index contributed by atoms with van der Waals surface area (Å²) in [4.78, 5) is 31.4. The van der Waals surface area contributed by atoms with Gasteiger partial charge in [0.25, 0.3) is 0 Å². The minimum Gasteiger partial charge on any atom is -0.322 e. The number of aromatic nitrogens is 3. The summed E-state index contributed by atoms with van der Waals surface area (Å²) in [5, 5.41) is 8.02. The molecular weight excluding hydrogens is 402 g/mol. The number of anilines is 3. The van der Waals surface area contributed by atoms with Crippen LogP contribution in [0.5, 0.6) is 0 Å². The number of fused-ring (bicyclic) bond motifs is 3. The number of hydrogen-bond acceptors (Lipinski definition) is 4. The molecule has 1 N–H and O–H groups in total. The summed E-state index contributed by atoms with van der Waals surface area (Å²) in [5.41, 5.74) is 5.75. The van der Waals surface area contributed by atoms with E-state index in [1.807, 2.05) is 61.8 Å². The van der Waals surface area contributed by atoms with Gasteiger partial charge in [-0.15, -0.1) is 0 Å². The third-order valence-electron chi connectivity index (χ3n) is 5.67. The first-order valence-corrected chi connectivity index (χ1v) is 10.3. The molecule has 5 rings (SSSR count). The number of hydrogen-bond donors (Lipinski definition) is 1. The van der Waals surface area contributed by atoms with Crippen LogP contribution in [0.15, 0.2) is 73.7 Å². The van der Waals surface area contributed by atoms with Crippen molar-refractivity contribution in [2.45, 2.75) is 19.8 Å². The lowest BCUT2D eigenvalue weighted by Gasteiger charge is -2.31. The molecule has 7 nitrogen and oxygen atoms in total. The van der Waals surface area contributed by atoms with Gasteiger partial charge < -0.3 is 5.32 Å². The van der Waals surface area contributed by atoms with Gasteiger partial charge in [-0.1, -0.05) is 12.6 Å². The van der Waals surface area contributed by atoms with Gasteiger partial charge in [0.2, 0.25) is 11.8 Å². The summed E-state index contributed by atoms with van der Waals surface area (Å²) in [5.74, 6) is -0.298. The molecule has 7 heteroatoms. The largest absolute Gasteiger partial charge is 0.322 e. The van der Waals surface area contributed by atoms with Crippen molar-refractivity contribution in [2.24, 2.45) is 0 Å². The van der Waals surface area contributed by atoms with Gasteiger partial charge in [-0.3, -0.25) is 19.5 Å². The standard InChI is InChI=1S/C25H21N5O2/c1-3-23(31)28-22-14-19(7-5-16(22)2)30-24(32)10-6-17-15-26-21-9-8-18(13-20(21)25(17)30)29-12-4-11-27-29/h3-5,7-9,11-15H,1,6,10H2,2H3,(H,28,31). The summed E-state index contributed by atoms with van der Waals surface area (Å²) < 4.78 is 1.78. The molecule has 0 radical (unpaired) electrons. The molecule has 2 amide bonds.